The van der Waals surface area contributed by atoms with Gasteiger partial charge in [0, 0.05) is 11.6 Å². The molecule has 0 saturated carbocycles. The van der Waals surface area contributed by atoms with Gasteiger partial charge >= 0.3 is 0 Å². The maximum absolute atomic E-state index is 6.29. The van der Waals surface area contributed by atoms with Crippen molar-refractivity contribution in [2.45, 2.75) is 33.1 Å². The summed E-state index contributed by atoms with van der Waals surface area (Å²) in [4.78, 5) is 4.31. The van der Waals surface area contributed by atoms with Gasteiger partial charge in [-0.15, -0.1) is 0 Å². The molecule has 0 aliphatic carbocycles. The van der Waals surface area contributed by atoms with Crippen molar-refractivity contribution in [1.29, 1.82) is 0 Å². The van der Waals surface area contributed by atoms with Crippen LogP contribution in [0.1, 0.15) is 37.9 Å². The minimum absolute atomic E-state index is 0.228. The largest absolute Gasteiger partial charge is 0.216 e. The lowest BCUT2D eigenvalue weighted by Crippen LogP contribution is -2.01. The quantitative estimate of drug-likeness (QED) is 0.768. The second kappa shape index (κ2) is 4.22. The van der Waals surface area contributed by atoms with E-state index in [1.165, 1.54) is 0 Å². The number of nitrogens with zero attached hydrogens (tertiary/aromatic N) is 3. The molecule has 16 heavy (non-hydrogen) atoms. The second-order valence-corrected chi connectivity index (χ2v) is 4.74. The lowest BCUT2D eigenvalue weighted by molar-refractivity contribution is 0.813. The van der Waals surface area contributed by atoms with Gasteiger partial charge in [-0.25, -0.2) is 9.50 Å². The third kappa shape index (κ3) is 1.78. The summed E-state index contributed by atoms with van der Waals surface area (Å²) in [6, 6.07) is 1.90. The van der Waals surface area contributed by atoms with Gasteiger partial charge < -0.3 is 0 Å². The fraction of sp³-hybridized carbons (Fsp3) is 0.455. The van der Waals surface area contributed by atoms with Gasteiger partial charge in [-0.3, -0.25) is 0 Å². The van der Waals surface area contributed by atoms with E-state index in [0.717, 1.165) is 17.7 Å². The molecule has 2 aromatic rings. The van der Waals surface area contributed by atoms with E-state index in [1.807, 2.05) is 26.8 Å². The molecule has 2 heterocycles. The van der Waals surface area contributed by atoms with Crippen LogP contribution >= 0.6 is 23.2 Å². The zero-order valence-corrected chi connectivity index (χ0v) is 11.0. The van der Waals surface area contributed by atoms with E-state index in [1.54, 1.807) is 4.52 Å². The SMILES string of the molecule is CCc1cc2nc(Cl)c(C(C)C)c(Cl)n2n1. The number of rotatable bonds is 2. The predicted octanol–water partition coefficient (Wildman–Crippen LogP) is 3.72. The smallest absolute Gasteiger partial charge is 0.158 e. The summed E-state index contributed by atoms with van der Waals surface area (Å²) in [6.07, 6.45) is 0.855. The molecule has 3 nitrogen and oxygen atoms in total. The molecule has 0 unspecified atom stereocenters. The minimum Gasteiger partial charge on any atom is -0.216 e. The van der Waals surface area contributed by atoms with Gasteiger partial charge in [0.25, 0.3) is 0 Å². The molecule has 0 radical (unpaired) electrons. The Kier molecular flexibility index (Phi) is 3.08. The lowest BCUT2D eigenvalue weighted by atomic mass is 10.1. The number of fused-ring (bicyclic) bond motifs is 1. The number of hydrogen-bond donors (Lipinski definition) is 0. The minimum atomic E-state index is 0.228. The van der Waals surface area contributed by atoms with Crippen LogP contribution in [-0.4, -0.2) is 14.6 Å². The van der Waals surface area contributed by atoms with E-state index in [0.29, 0.717) is 16.0 Å². The van der Waals surface area contributed by atoms with Gasteiger partial charge in [-0.2, -0.15) is 5.10 Å². The van der Waals surface area contributed by atoms with Crippen molar-refractivity contribution in [3.63, 3.8) is 0 Å². The predicted molar refractivity (Wildman–Crippen MR) is 66.5 cm³/mol. The number of aromatic nitrogens is 3. The Morgan fingerprint density at radius 1 is 1.38 bits per heavy atom. The highest BCUT2D eigenvalue weighted by molar-refractivity contribution is 6.35. The van der Waals surface area contributed by atoms with Crippen LogP contribution in [-0.2, 0) is 6.42 Å². The molecule has 2 aromatic heterocycles. The first-order valence-corrected chi connectivity index (χ1v) is 6.03. The molecular formula is C11H13Cl2N3. The average Bonchev–Trinajstić information content (AvgIpc) is 2.60. The standard InChI is InChI=1S/C11H13Cl2N3/c1-4-7-5-8-14-10(12)9(6(2)3)11(13)16(8)15-7/h5-6H,4H2,1-3H3. The van der Waals surface area contributed by atoms with E-state index >= 15 is 0 Å². The maximum Gasteiger partial charge on any atom is 0.158 e. The summed E-state index contributed by atoms with van der Waals surface area (Å²) < 4.78 is 1.65. The van der Waals surface area contributed by atoms with Gasteiger partial charge in [-0.1, -0.05) is 44.0 Å². The van der Waals surface area contributed by atoms with Crippen molar-refractivity contribution in [2.75, 3.05) is 0 Å². The van der Waals surface area contributed by atoms with Crippen molar-refractivity contribution >= 4 is 28.8 Å². The Balaban J connectivity index is 2.76. The molecule has 2 rings (SSSR count). The summed E-state index contributed by atoms with van der Waals surface area (Å²) in [5.74, 6) is 0.228. The Morgan fingerprint density at radius 2 is 2.06 bits per heavy atom. The molecule has 0 aromatic carbocycles. The molecule has 0 saturated heterocycles. The van der Waals surface area contributed by atoms with Gasteiger partial charge in [0.15, 0.2) is 5.65 Å². The van der Waals surface area contributed by atoms with Gasteiger partial charge in [0.2, 0.25) is 0 Å². The molecule has 0 atom stereocenters. The molecule has 0 amide bonds. The van der Waals surface area contributed by atoms with Gasteiger partial charge in [0.05, 0.1) is 5.69 Å². The fourth-order valence-electron chi connectivity index (χ4n) is 1.65. The fourth-order valence-corrected chi connectivity index (χ4v) is 2.53. The Labute approximate surface area is 104 Å². The van der Waals surface area contributed by atoms with Crippen LogP contribution in [0.2, 0.25) is 10.3 Å². The first kappa shape index (κ1) is 11.7. The van der Waals surface area contributed by atoms with Gasteiger partial charge in [0.1, 0.15) is 10.3 Å². The zero-order valence-electron chi connectivity index (χ0n) is 9.46. The maximum atomic E-state index is 6.29. The van der Waals surface area contributed by atoms with E-state index < -0.39 is 0 Å². The summed E-state index contributed by atoms with van der Waals surface area (Å²) in [7, 11) is 0. The van der Waals surface area contributed by atoms with E-state index in [9.17, 15) is 0 Å². The number of halogens is 2. The Morgan fingerprint density at radius 3 is 2.62 bits per heavy atom. The van der Waals surface area contributed by atoms with E-state index in [4.69, 9.17) is 23.2 Å². The highest BCUT2D eigenvalue weighted by atomic mass is 35.5. The van der Waals surface area contributed by atoms with E-state index in [2.05, 4.69) is 10.1 Å². The van der Waals surface area contributed by atoms with Crippen LogP contribution in [0, 0.1) is 0 Å². The van der Waals surface area contributed by atoms with Crippen LogP contribution in [0.5, 0.6) is 0 Å². The van der Waals surface area contributed by atoms with Crippen molar-refractivity contribution in [3.8, 4) is 0 Å². The summed E-state index contributed by atoms with van der Waals surface area (Å²) >= 11 is 12.4. The van der Waals surface area contributed by atoms with Crippen molar-refractivity contribution < 1.29 is 0 Å². The zero-order chi connectivity index (χ0) is 11.9. The highest BCUT2D eigenvalue weighted by Crippen LogP contribution is 2.30. The summed E-state index contributed by atoms with van der Waals surface area (Å²) in [5, 5.41) is 5.41. The lowest BCUT2D eigenvalue weighted by Gasteiger charge is -2.10. The monoisotopic (exact) mass is 257 g/mol. The molecule has 0 N–H and O–H groups in total. The van der Waals surface area contributed by atoms with Crippen LogP contribution in [0.15, 0.2) is 6.07 Å². The van der Waals surface area contributed by atoms with Crippen molar-refractivity contribution in [1.82, 2.24) is 14.6 Å². The highest BCUT2D eigenvalue weighted by Gasteiger charge is 2.16. The third-order valence-electron chi connectivity index (χ3n) is 2.52. The first-order valence-electron chi connectivity index (χ1n) is 5.28. The van der Waals surface area contributed by atoms with Crippen LogP contribution in [0.4, 0.5) is 0 Å². The first-order chi connectivity index (χ1) is 7.54. The molecule has 0 aliphatic rings. The molecule has 0 spiro atoms. The number of aryl methyl sites for hydroxylation is 1. The molecular weight excluding hydrogens is 245 g/mol. The van der Waals surface area contributed by atoms with Gasteiger partial charge in [-0.05, 0) is 12.3 Å². The topological polar surface area (TPSA) is 30.2 Å². The molecule has 5 heteroatoms. The number of hydrogen-bond acceptors (Lipinski definition) is 2. The Bertz CT molecular complexity index is 531. The summed E-state index contributed by atoms with van der Waals surface area (Å²) in [6.45, 7) is 6.11. The normalized spacial score (nSPS) is 11.6. The molecule has 0 aliphatic heterocycles. The van der Waals surface area contributed by atoms with E-state index in [-0.39, 0.29) is 5.92 Å². The molecule has 86 valence electrons. The van der Waals surface area contributed by atoms with Crippen LogP contribution < -0.4 is 0 Å². The van der Waals surface area contributed by atoms with Crippen molar-refractivity contribution in [3.05, 3.63) is 27.6 Å². The summed E-state index contributed by atoms with van der Waals surface area (Å²) in [5.41, 5.74) is 2.52. The van der Waals surface area contributed by atoms with Crippen LogP contribution in [0.25, 0.3) is 5.65 Å². The average molecular weight is 258 g/mol. The molecule has 0 fully saturated rings. The van der Waals surface area contributed by atoms with Crippen molar-refractivity contribution in [2.24, 2.45) is 0 Å². The van der Waals surface area contributed by atoms with Crippen LogP contribution in [0.3, 0.4) is 0 Å². The third-order valence-corrected chi connectivity index (χ3v) is 3.18. The molecule has 0 bridgehead atoms. The Hall–Kier alpha value is -0.800. The second-order valence-electron chi connectivity index (χ2n) is 4.02.